The Morgan fingerprint density at radius 3 is 2.63 bits per heavy atom. The molecular weight excluding hydrogens is 350 g/mol. The minimum absolute atomic E-state index is 0.280. The number of aromatic nitrogens is 3. The maximum absolute atomic E-state index is 13.3. The van der Waals surface area contributed by atoms with Crippen LogP contribution in [0.4, 0.5) is 14.5 Å². The maximum Gasteiger partial charge on any atom is 0.138 e. The highest BCUT2D eigenvalue weighted by Gasteiger charge is 2.10. The average molecular weight is 366 g/mol. The van der Waals surface area contributed by atoms with Gasteiger partial charge in [-0.15, -0.1) is 0 Å². The molecule has 0 bridgehead atoms. The summed E-state index contributed by atoms with van der Waals surface area (Å²) in [6, 6.07) is 7.28. The molecule has 0 amide bonds. The zero-order valence-electron chi connectivity index (χ0n) is 14.5. The lowest BCUT2D eigenvalue weighted by molar-refractivity contribution is 0.413. The van der Waals surface area contributed by atoms with Crippen molar-refractivity contribution in [3.63, 3.8) is 0 Å². The molecule has 0 spiro atoms. The Balaban J connectivity index is 1.63. The molecule has 1 aromatic carbocycles. The van der Waals surface area contributed by atoms with Gasteiger partial charge in [0.1, 0.15) is 23.0 Å². The van der Waals surface area contributed by atoms with E-state index in [-0.39, 0.29) is 6.54 Å². The summed E-state index contributed by atoms with van der Waals surface area (Å²) in [6.07, 6.45) is 6.92. The SMILES string of the molecule is COc1cncc(-c2c[nH]c3ncc(NCc4cc(F)cc(F)c4)cc23)c1. The van der Waals surface area contributed by atoms with Crippen LogP contribution < -0.4 is 10.1 Å². The fourth-order valence-corrected chi connectivity index (χ4v) is 2.93. The van der Waals surface area contributed by atoms with E-state index in [0.29, 0.717) is 11.3 Å². The fraction of sp³-hybridized carbons (Fsp3) is 0.100. The quantitative estimate of drug-likeness (QED) is 0.545. The van der Waals surface area contributed by atoms with Gasteiger partial charge in [0.15, 0.2) is 0 Å². The summed E-state index contributed by atoms with van der Waals surface area (Å²) in [5, 5.41) is 4.05. The number of ether oxygens (including phenoxy) is 1. The minimum atomic E-state index is -0.598. The second-order valence-electron chi connectivity index (χ2n) is 6.07. The summed E-state index contributed by atoms with van der Waals surface area (Å²) >= 11 is 0. The van der Waals surface area contributed by atoms with Gasteiger partial charge < -0.3 is 15.0 Å². The normalized spacial score (nSPS) is 10.9. The van der Waals surface area contributed by atoms with Gasteiger partial charge in [-0.3, -0.25) is 4.98 Å². The molecule has 0 aliphatic heterocycles. The summed E-state index contributed by atoms with van der Waals surface area (Å²) in [5.74, 6) is -0.533. The summed E-state index contributed by atoms with van der Waals surface area (Å²) < 4.78 is 31.9. The van der Waals surface area contributed by atoms with Crippen molar-refractivity contribution < 1.29 is 13.5 Å². The van der Waals surface area contributed by atoms with E-state index in [2.05, 4.69) is 20.3 Å². The van der Waals surface area contributed by atoms with Crippen LogP contribution in [0.15, 0.2) is 55.1 Å². The van der Waals surface area contributed by atoms with Crippen molar-refractivity contribution in [2.75, 3.05) is 12.4 Å². The van der Waals surface area contributed by atoms with Gasteiger partial charge in [-0.05, 0) is 29.8 Å². The monoisotopic (exact) mass is 366 g/mol. The fourth-order valence-electron chi connectivity index (χ4n) is 2.93. The van der Waals surface area contributed by atoms with Crippen LogP contribution in [0.25, 0.3) is 22.2 Å². The number of anilines is 1. The second kappa shape index (κ2) is 7.03. The molecule has 4 aromatic rings. The number of hydrogen-bond donors (Lipinski definition) is 2. The van der Waals surface area contributed by atoms with Gasteiger partial charge in [0.2, 0.25) is 0 Å². The number of methoxy groups -OCH3 is 1. The number of halogens is 2. The number of fused-ring (bicyclic) bond motifs is 1. The van der Waals surface area contributed by atoms with Crippen molar-refractivity contribution in [3.8, 4) is 16.9 Å². The molecule has 0 radical (unpaired) electrons. The first kappa shape index (κ1) is 17.0. The number of nitrogens with zero attached hydrogens (tertiary/aromatic N) is 2. The Labute approximate surface area is 154 Å². The summed E-state index contributed by atoms with van der Waals surface area (Å²) in [5.41, 5.74) is 3.81. The lowest BCUT2D eigenvalue weighted by Crippen LogP contribution is -2.01. The van der Waals surface area contributed by atoms with E-state index >= 15 is 0 Å². The van der Waals surface area contributed by atoms with Crippen LogP contribution >= 0.6 is 0 Å². The van der Waals surface area contributed by atoms with Gasteiger partial charge in [0.25, 0.3) is 0 Å². The van der Waals surface area contributed by atoms with Gasteiger partial charge in [-0.1, -0.05) is 0 Å². The van der Waals surface area contributed by atoms with Crippen molar-refractivity contribution in [1.29, 1.82) is 0 Å². The number of hydrogen-bond acceptors (Lipinski definition) is 4. The number of benzene rings is 1. The molecule has 0 aliphatic carbocycles. The highest BCUT2D eigenvalue weighted by molar-refractivity contribution is 5.95. The average Bonchev–Trinajstić information content (AvgIpc) is 3.09. The molecule has 0 unspecified atom stereocenters. The lowest BCUT2D eigenvalue weighted by Gasteiger charge is -2.08. The molecule has 7 heteroatoms. The first-order chi connectivity index (χ1) is 13.1. The highest BCUT2D eigenvalue weighted by atomic mass is 19.1. The zero-order chi connectivity index (χ0) is 18.8. The van der Waals surface area contributed by atoms with E-state index in [1.165, 1.54) is 12.1 Å². The van der Waals surface area contributed by atoms with Crippen molar-refractivity contribution in [1.82, 2.24) is 15.0 Å². The van der Waals surface area contributed by atoms with Crippen molar-refractivity contribution in [3.05, 3.63) is 72.3 Å². The number of nitrogens with one attached hydrogen (secondary N) is 2. The molecule has 0 saturated heterocycles. The summed E-state index contributed by atoms with van der Waals surface area (Å²) in [7, 11) is 1.59. The third-order valence-corrected chi connectivity index (χ3v) is 4.21. The van der Waals surface area contributed by atoms with Crippen LogP contribution in [0.5, 0.6) is 5.75 Å². The summed E-state index contributed by atoms with van der Waals surface area (Å²) in [6.45, 7) is 0.280. The Bertz CT molecular complexity index is 1090. The van der Waals surface area contributed by atoms with E-state index in [1.807, 2.05) is 18.3 Å². The third-order valence-electron chi connectivity index (χ3n) is 4.21. The topological polar surface area (TPSA) is 62.8 Å². The van der Waals surface area contributed by atoms with Crippen LogP contribution in [0.3, 0.4) is 0 Å². The second-order valence-corrected chi connectivity index (χ2v) is 6.07. The molecule has 27 heavy (non-hydrogen) atoms. The molecule has 0 aliphatic rings. The van der Waals surface area contributed by atoms with Crippen LogP contribution in [-0.2, 0) is 6.54 Å². The molecule has 0 saturated carbocycles. The van der Waals surface area contributed by atoms with Crippen molar-refractivity contribution >= 4 is 16.7 Å². The molecule has 3 aromatic heterocycles. The van der Waals surface area contributed by atoms with Gasteiger partial charge in [-0.25, -0.2) is 13.8 Å². The Morgan fingerprint density at radius 2 is 1.85 bits per heavy atom. The number of aromatic amines is 1. The van der Waals surface area contributed by atoms with E-state index in [0.717, 1.165) is 33.9 Å². The molecule has 136 valence electrons. The molecule has 5 nitrogen and oxygen atoms in total. The highest BCUT2D eigenvalue weighted by Crippen LogP contribution is 2.30. The molecular formula is C20H16F2N4O. The van der Waals surface area contributed by atoms with E-state index in [1.54, 1.807) is 25.7 Å². The van der Waals surface area contributed by atoms with Crippen molar-refractivity contribution in [2.45, 2.75) is 6.54 Å². The molecule has 0 atom stereocenters. The van der Waals surface area contributed by atoms with E-state index in [9.17, 15) is 8.78 Å². The lowest BCUT2D eigenvalue weighted by atomic mass is 10.1. The number of rotatable bonds is 5. The molecule has 4 rings (SSSR count). The van der Waals surface area contributed by atoms with E-state index in [4.69, 9.17) is 4.74 Å². The first-order valence-corrected chi connectivity index (χ1v) is 8.28. The molecule has 3 heterocycles. The van der Waals surface area contributed by atoms with Crippen LogP contribution in [0.2, 0.25) is 0 Å². The van der Waals surface area contributed by atoms with Gasteiger partial charge in [-0.2, -0.15) is 0 Å². The molecule has 2 N–H and O–H groups in total. The third kappa shape index (κ3) is 3.57. The number of pyridine rings is 2. The van der Waals surface area contributed by atoms with E-state index < -0.39 is 11.6 Å². The Morgan fingerprint density at radius 1 is 1.04 bits per heavy atom. The Kier molecular flexibility index (Phi) is 4.42. The van der Waals surface area contributed by atoms with Gasteiger partial charge in [0, 0.05) is 41.5 Å². The standard InChI is InChI=1S/C20H16F2N4O/c1-27-17-4-13(8-23-10-17)19-11-26-20-18(19)6-16(9-25-20)24-7-12-2-14(21)5-15(22)3-12/h2-6,8-11,24H,7H2,1H3,(H,25,26). The summed E-state index contributed by atoms with van der Waals surface area (Å²) in [4.78, 5) is 11.7. The van der Waals surface area contributed by atoms with Gasteiger partial charge >= 0.3 is 0 Å². The predicted octanol–water partition coefficient (Wildman–Crippen LogP) is 4.52. The smallest absolute Gasteiger partial charge is 0.138 e. The van der Waals surface area contributed by atoms with Crippen LogP contribution in [-0.4, -0.2) is 22.1 Å². The maximum atomic E-state index is 13.3. The molecule has 0 fully saturated rings. The zero-order valence-corrected chi connectivity index (χ0v) is 14.5. The van der Waals surface area contributed by atoms with Crippen molar-refractivity contribution in [2.24, 2.45) is 0 Å². The first-order valence-electron chi connectivity index (χ1n) is 8.28. The van der Waals surface area contributed by atoms with Crippen LogP contribution in [0, 0.1) is 11.6 Å². The largest absolute Gasteiger partial charge is 0.495 e. The predicted molar refractivity (Wildman–Crippen MR) is 99.6 cm³/mol. The Hall–Kier alpha value is -3.48. The number of H-pyrrole nitrogens is 1. The minimum Gasteiger partial charge on any atom is -0.495 e. The van der Waals surface area contributed by atoms with Gasteiger partial charge in [0.05, 0.1) is 25.2 Å². The van der Waals surface area contributed by atoms with Crippen LogP contribution in [0.1, 0.15) is 5.56 Å².